The number of morpholine rings is 1. The third kappa shape index (κ3) is 3.90. The molecule has 2 fully saturated rings. The van der Waals surface area contributed by atoms with E-state index in [9.17, 15) is 14.0 Å². The summed E-state index contributed by atoms with van der Waals surface area (Å²) in [5.41, 5.74) is 0.865. The minimum atomic E-state index is -0.302. The molecule has 1 aromatic rings. The Morgan fingerprint density at radius 1 is 1.24 bits per heavy atom. The number of hydrogen-bond donors (Lipinski definition) is 0. The van der Waals surface area contributed by atoms with Gasteiger partial charge in [-0.2, -0.15) is 0 Å². The first-order chi connectivity index (χ1) is 12.1. The number of halogens is 1. The van der Waals surface area contributed by atoms with Crippen LogP contribution in [0.3, 0.4) is 0 Å². The van der Waals surface area contributed by atoms with Crippen molar-refractivity contribution in [2.24, 2.45) is 5.92 Å². The molecule has 25 heavy (non-hydrogen) atoms. The number of benzene rings is 1. The van der Waals surface area contributed by atoms with Crippen molar-refractivity contribution in [3.63, 3.8) is 0 Å². The molecule has 2 aliphatic rings. The van der Waals surface area contributed by atoms with Gasteiger partial charge in [0, 0.05) is 19.6 Å². The molecule has 3 rings (SSSR count). The second-order valence-corrected chi connectivity index (χ2v) is 6.50. The van der Waals surface area contributed by atoms with Gasteiger partial charge in [-0.05, 0) is 36.6 Å². The highest BCUT2D eigenvalue weighted by atomic mass is 19.1. The van der Waals surface area contributed by atoms with E-state index in [1.165, 1.54) is 18.2 Å². The first kappa shape index (κ1) is 17.6. The average molecular weight is 346 g/mol. The van der Waals surface area contributed by atoms with E-state index in [4.69, 9.17) is 4.74 Å². The van der Waals surface area contributed by atoms with E-state index in [2.05, 4.69) is 6.58 Å². The molecule has 2 atom stereocenters. The summed E-state index contributed by atoms with van der Waals surface area (Å²) in [5.74, 6) is -0.600. The molecule has 2 aliphatic heterocycles. The van der Waals surface area contributed by atoms with E-state index >= 15 is 0 Å². The van der Waals surface area contributed by atoms with Crippen molar-refractivity contribution in [3.05, 3.63) is 48.3 Å². The Hall–Kier alpha value is -2.21. The normalized spacial score (nSPS) is 24.0. The topological polar surface area (TPSA) is 49.9 Å². The summed E-state index contributed by atoms with van der Waals surface area (Å²) in [6.45, 7) is 6.01. The summed E-state index contributed by atoms with van der Waals surface area (Å²) in [5, 5.41) is 0. The van der Waals surface area contributed by atoms with Gasteiger partial charge in [-0.25, -0.2) is 4.39 Å². The smallest absolute Gasteiger partial charge is 0.245 e. The highest BCUT2D eigenvalue weighted by Crippen LogP contribution is 2.28. The molecular weight excluding hydrogens is 323 g/mol. The van der Waals surface area contributed by atoms with Gasteiger partial charge >= 0.3 is 0 Å². The Morgan fingerprint density at radius 3 is 2.72 bits per heavy atom. The van der Waals surface area contributed by atoms with Crippen LogP contribution in [0.1, 0.15) is 24.4 Å². The number of piperidine rings is 1. The van der Waals surface area contributed by atoms with Gasteiger partial charge in [-0.15, -0.1) is 0 Å². The largest absolute Gasteiger partial charge is 0.377 e. The molecule has 0 saturated carbocycles. The van der Waals surface area contributed by atoms with Crippen molar-refractivity contribution in [1.29, 1.82) is 0 Å². The van der Waals surface area contributed by atoms with E-state index in [-0.39, 0.29) is 29.6 Å². The zero-order valence-electron chi connectivity index (χ0n) is 14.2. The van der Waals surface area contributed by atoms with Crippen LogP contribution in [0.25, 0.3) is 0 Å². The minimum absolute atomic E-state index is 0.0409. The van der Waals surface area contributed by atoms with Gasteiger partial charge in [0.1, 0.15) is 5.82 Å². The summed E-state index contributed by atoms with van der Waals surface area (Å²) in [7, 11) is 0. The number of rotatable bonds is 3. The maximum Gasteiger partial charge on any atom is 0.245 e. The maximum atomic E-state index is 13.2. The third-order valence-corrected chi connectivity index (χ3v) is 4.92. The van der Waals surface area contributed by atoms with Crippen LogP contribution in [0.5, 0.6) is 0 Å². The van der Waals surface area contributed by atoms with Crippen molar-refractivity contribution in [2.45, 2.75) is 18.9 Å². The van der Waals surface area contributed by atoms with Gasteiger partial charge in [0.25, 0.3) is 0 Å². The van der Waals surface area contributed by atoms with Crippen LogP contribution in [-0.2, 0) is 14.3 Å². The number of nitrogens with zero attached hydrogens (tertiary/aromatic N) is 2. The van der Waals surface area contributed by atoms with Crippen molar-refractivity contribution in [3.8, 4) is 0 Å². The number of likely N-dealkylation sites (tertiary alicyclic amines) is 1. The number of ether oxygens (including phenoxy) is 1. The number of hydrogen-bond acceptors (Lipinski definition) is 3. The van der Waals surface area contributed by atoms with Crippen LogP contribution in [-0.4, -0.2) is 54.5 Å². The molecule has 2 unspecified atom stereocenters. The fraction of sp³-hybridized carbons (Fsp3) is 0.474. The summed E-state index contributed by atoms with van der Waals surface area (Å²) >= 11 is 0. The van der Waals surface area contributed by atoms with Crippen molar-refractivity contribution in [2.75, 3.05) is 32.8 Å². The predicted octanol–water partition coefficient (Wildman–Crippen LogP) is 2.15. The lowest BCUT2D eigenvalue weighted by Gasteiger charge is -2.40. The molecule has 5 nitrogen and oxygen atoms in total. The average Bonchev–Trinajstić information content (AvgIpc) is 2.67. The maximum absolute atomic E-state index is 13.2. The fourth-order valence-electron chi connectivity index (χ4n) is 3.57. The van der Waals surface area contributed by atoms with Gasteiger partial charge in [0.05, 0.1) is 25.2 Å². The summed E-state index contributed by atoms with van der Waals surface area (Å²) in [6, 6.07) is 5.98. The molecule has 0 bridgehead atoms. The standard InChI is InChI=1S/C19H23FN2O3/c1-2-18(23)21-9-3-4-15(12-21)19(24)22-10-11-25-13-17(22)14-5-7-16(20)8-6-14/h2,5-8,15,17H,1,3-4,9-13H2. The molecule has 0 N–H and O–H groups in total. The molecule has 1 aromatic carbocycles. The van der Waals surface area contributed by atoms with Gasteiger partial charge in [-0.1, -0.05) is 18.7 Å². The molecule has 0 radical (unpaired) electrons. The molecule has 0 aromatic heterocycles. The lowest BCUT2D eigenvalue weighted by Crippen LogP contribution is -2.50. The van der Waals surface area contributed by atoms with E-state index in [0.717, 1.165) is 18.4 Å². The van der Waals surface area contributed by atoms with Crippen LogP contribution < -0.4 is 0 Å². The first-order valence-corrected chi connectivity index (χ1v) is 8.65. The zero-order chi connectivity index (χ0) is 17.8. The molecule has 0 aliphatic carbocycles. The Balaban J connectivity index is 1.75. The molecule has 6 heteroatoms. The molecule has 2 heterocycles. The Bertz CT molecular complexity index is 647. The number of carbonyl (C=O) groups excluding carboxylic acids is 2. The van der Waals surface area contributed by atoms with Gasteiger partial charge in [0.2, 0.25) is 11.8 Å². The molecule has 134 valence electrons. The Kier molecular flexibility index (Phi) is 5.48. The van der Waals surface area contributed by atoms with Crippen LogP contribution in [0.2, 0.25) is 0 Å². The second-order valence-electron chi connectivity index (χ2n) is 6.50. The van der Waals surface area contributed by atoms with Crippen molar-refractivity contribution >= 4 is 11.8 Å². The lowest BCUT2D eigenvalue weighted by atomic mass is 9.94. The van der Waals surface area contributed by atoms with Gasteiger partial charge < -0.3 is 14.5 Å². The van der Waals surface area contributed by atoms with Crippen LogP contribution in [0.15, 0.2) is 36.9 Å². The number of amides is 2. The second kappa shape index (κ2) is 7.78. The fourth-order valence-corrected chi connectivity index (χ4v) is 3.57. The summed E-state index contributed by atoms with van der Waals surface area (Å²) in [6.07, 6.45) is 2.87. The van der Waals surface area contributed by atoms with E-state index < -0.39 is 0 Å². The summed E-state index contributed by atoms with van der Waals surface area (Å²) in [4.78, 5) is 28.5. The van der Waals surface area contributed by atoms with E-state index in [1.807, 2.05) is 4.90 Å². The van der Waals surface area contributed by atoms with E-state index in [0.29, 0.717) is 32.8 Å². The highest BCUT2D eigenvalue weighted by molar-refractivity contribution is 5.88. The van der Waals surface area contributed by atoms with E-state index in [1.54, 1.807) is 17.0 Å². The SMILES string of the molecule is C=CC(=O)N1CCCC(C(=O)N2CCOCC2c2ccc(F)cc2)C1. The predicted molar refractivity (Wildman–Crippen MR) is 91.2 cm³/mol. The monoisotopic (exact) mass is 346 g/mol. The first-order valence-electron chi connectivity index (χ1n) is 8.65. The molecule has 0 spiro atoms. The van der Waals surface area contributed by atoms with Crippen LogP contribution in [0.4, 0.5) is 4.39 Å². The van der Waals surface area contributed by atoms with Gasteiger partial charge in [-0.3, -0.25) is 9.59 Å². The third-order valence-electron chi connectivity index (χ3n) is 4.92. The van der Waals surface area contributed by atoms with Crippen LogP contribution in [0, 0.1) is 11.7 Å². The Morgan fingerprint density at radius 2 is 2.00 bits per heavy atom. The quantitative estimate of drug-likeness (QED) is 0.788. The van der Waals surface area contributed by atoms with Crippen molar-refractivity contribution in [1.82, 2.24) is 9.80 Å². The molecule has 2 amide bonds. The molecule has 2 saturated heterocycles. The Labute approximate surface area is 147 Å². The molecular formula is C19H23FN2O3. The lowest BCUT2D eigenvalue weighted by molar-refractivity contribution is -0.147. The highest BCUT2D eigenvalue weighted by Gasteiger charge is 2.35. The summed E-state index contributed by atoms with van der Waals surface area (Å²) < 4.78 is 18.7. The van der Waals surface area contributed by atoms with Crippen molar-refractivity contribution < 1.29 is 18.7 Å². The van der Waals surface area contributed by atoms with Crippen LogP contribution >= 0.6 is 0 Å². The minimum Gasteiger partial charge on any atom is -0.377 e. The van der Waals surface area contributed by atoms with Gasteiger partial charge in [0.15, 0.2) is 0 Å². The number of carbonyl (C=O) groups is 2. The zero-order valence-corrected chi connectivity index (χ0v) is 14.2.